The minimum atomic E-state index is 0.167. The molecule has 1 heterocycles. The molecule has 15 heavy (non-hydrogen) atoms. The predicted octanol–water partition coefficient (Wildman–Crippen LogP) is 2.88. The molecule has 1 aromatic rings. The molecule has 0 spiro atoms. The van der Waals surface area contributed by atoms with Crippen LogP contribution < -0.4 is 0 Å². The van der Waals surface area contributed by atoms with Crippen molar-refractivity contribution < 1.29 is 0 Å². The Morgan fingerprint density at radius 1 is 1.53 bits per heavy atom. The van der Waals surface area contributed by atoms with Crippen LogP contribution in [0.15, 0.2) is 23.8 Å². The highest BCUT2D eigenvalue weighted by Gasteiger charge is 2.06. The molecule has 0 amide bonds. The van der Waals surface area contributed by atoms with Crippen LogP contribution in [0.3, 0.4) is 0 Å². The van der Waals surface area contributed by atoms with Gasteiger partial charge >= 0.3 is 0 Å². The second-order valence-electron chi connectivity index (χ2n) is 2.98. The number of hydrogen-bond donors (Lipinski definition) is 0. The van der Waals surface area contributed by atoms with Crippen LogP contribution in [0.1, 0.15) is 15.6 Å². The molecule has 0 aromatic carbocycles. The van der Waals surface area contributed by atoms with E-state index in [2.05, 4.69) is 23.1 Å². The lowest BCUT2D eigenvalue weighted by Crippen LogP contribution is -1.87. The van der Waals surface area contributed by atoms with Gasteiger partial charge in [0.05, 0.1) is 10.7 Å². The van der Waals surface area contributed by atoms with E-state index < -0.39 is 0 Å². The first-order chi connectivity index (χ1) is 7.04. The maximum atomic E-state index is 8.47. The number of aliphatic imine (C=N–C) groups is 1. The SMILES string of the molecule is C=C(C#N)/N=C/C(=C)c1nc(C)sc1C. The van der Waals surface area contributed by atoms with Crippen LogP contribution >= 0.6 is 11.3 Å². The molecule has 0 N–H and O–H groups in total. The van der Waals surface area contributed by atoms with Crippen molar-refractivity contribution in [3.05, 3.63) is 34.4 Å². The minimum absolute atomic E-state index is 0.167. The fourth-order valence-electron chi connectivity index (χ4n) is 1.07. The Bertz CT molecular complexity index is 475. The summed E-state index contributed by atoms with van der Waals surface area (Å²) in [5.74, 6) is 0. The van der Waals surface area contributed by atoms with E-state index in [1.807, 2.05) is 19.9 Å². The van der Waals surface area contributed by atoms with E-state index in [-0.39, 0.29) is 5.70 Å². The first-order valence-electron chi connectivity index (χ1n) is 4.31. The van der Waals surface area contributed by atoms with Gasteiger partial charge in [0.1, 0.15) is 11.8 Å². The van der Waals surface area contributed by atoms with Crippen molar-refractivity contribution in [2.75, 3.05) is 0 Å². The zero-order chi connectivity index (χ0) is 11.4. The van der Waals surface area contributed by atoms with E-state index in [1.165, 1.54) is 6.21 Å². The van der Waals surface area contributed by atoms with Crippen molar-refractivity contribution in [1.82, 2.24) is 4.98 Å². The number of nitrogens with zero attached hydrogens (tertiary/aromatic N) is 3. The van der Waals surface area contributed by atoms with Crippen molar-refractivity contribution in [2.24, 2.45) is 4.99 Å². The lowest BCUT2D eigenvalue weighted by molar-refractivity contribution is 1.25. The largest absolute Gasteiger partial charge is 0.246 e. The lowest BCUT2D eigenvalue weighted by atomic mass is 10.2. The number of allylic oxidation sites excluding steroid dienone is 2. The fraction of sp³-hybridized carbons (Fsp3) is 0.182. The number of aryl methyl sites for hydroxylation is 2. The lowest BCUT2D eigenvalue weighted by Gasteiger charge is -1.94. The number of rotatable bonds is 3. The molecule has 0 aliphatic carbocycles. The van der Waals surface area contributed by atoms with Crippen molar-refractivity contribution in [3.8, 4) is 6.07 Å². The highest BCUT2D eigenvalue weighted by molar-refractivity contribution is 7.11. The average Bonchev–Trinajstić information content (AvgIpc) is 2.53. The van der Waals surface area contributed by atoms with E-state index >= 15 is 0 Å². The van der Waals surface area contributed by atoms with Crippen molar-refractivity contribution in [1.29, 1.82) is 5.26 Å². The Balaban J connectivity index is 2.88. The summed E-state index contributed by atoms with van der Waals surface area (Å²) in [6.07, 6.45) is 1.52. The second-order valence-corrected chi connectivity index (χ2v) is 4.39. The quantitative estimate of drug-likeness (QED) is 0.577. The minimum Gasteiger partial charge on any atom is -0.246 e. The van der Waals surface area contributed by atoms with Gasteiger partial charge in [-0.05, 0) is 13.8 Å². The van der Waals surface area contributed by atoms with E-state index in [0.717, 1.165) is 15.6 Å². The Kier molecular flexibility index (Phi) is 3.53. The molecule has 1 aromatic heterocycles. The monoisotopic (exact) mass is 217 g/mol. The summed E-state index contributed by atoms with van der Waals surface area (Å²) in [5, 5.41) is 9.47. The Morgan fingerprint density at radius 3 is 2.67 bits per heavy atom. The van der Waals surface area contributed by atoms with Gasteiger partial charge in [0.25, 0.3) is 0 Å². The molecule has 0 saturated heterocycles. The second kappa shape index (κ2) is 4.67. The molecule has 0 radical (unpaired) electrons. The number of hydrogen-bond acceptors (Lipinski definition) is 4. The van der Waals surface area contributed by atoms with Gasteiger partial charge in [0, 0.05) is 16.7 Å². The number of aromatic nitrogens is 1. The van der Waals surface area contributed by atoms with Crippen LogP contribution in [0.4, 0.5) is 0 Å². The Morgan fingerprint density at radius 2 is 2.20 bits per heavy atom. The molecule has 0 atom stereocenters. The van der Waals surface area contributed by atoms with Gasteiger partial charge in [-0.1, -0.05) is 13.2 Å². The third kappa shape index (κ3) is 2.86. The molecule has 3 nitrogen and oxygen atoms in total. The summed E-state index contributed by atoms with van der Waals surface area (Å²) in [5.41, 5.74) is 1.71. The molecular weight excluding hydrogens is 206 g/mol. The highest BCUT2D eigenvalue weighted by atomic mass is 32.1. The standard InChI is InChI=1S/C11H11N3S/c1-7(6-13-8(2)5-12)11-9(3)15-10(4)14-11/h6H,1-2H2,3-4H3/b13-6+. The van der Waals surface area contributed by atoms with Crippen LogP contribution in [0.25, 0.3) is 5.57 Å². The van der Waals surface area contributed by atoms with Crippen LogP contribution in [0.2, 0.25) is 0 Å². The van der Waals surface area contributed by atoms with Crippen molar-refractivity contribution in [2.45, 2.75) is 13.8 Å². The molecule has 0 aliphatic rings. The first kappa shape index (κ1) is 11.3. The Hall–Kier alpha value is -1.73. The fourth-order valence-corrected chi connectivity index (χ4v) is 1.93. The first-order valence-corrected chi connectivity index (χ1v) is 5.12. The van der Waals surface area contributed by atoms with Crippen LogP contribution in [-0.2, 0) is 0 Å². The summed E-state index contributed by atoms with van der Waals surface area (Å²) in [6, 6.07) is 1.84. The van der Waals surface area contributed by atoms with Gasteiger partial charge in [-0.15, -0.1) is 11.3 Å². The number of nitriles is 1. The predicted molar refractivity (Wildman–Crippen MR) is 63.9 cm³/mol. The molecule has 4 heteroatoms. The van der Waals surface area contributed by atoms with E-state index in [1.54, 1.807) is 11.3 Å². The van der Waals surface area contributed by atoms with Gasteiger partial charge in [0.2, 0.25) is 0 Å². The zero-order valence-corrected chi connectivity index (χ0v) is 9.56. The molecule has 0 aliphatic heterocycles. The molecule has 0 saturated carbocycles. The summed E-state index contributed by atoms with van der Waals surface area (Å²) < 4.78 is 0. The summed E-state index contributed by atoms with van der Waals surface area (Å²) in [4.78, 5) is 9.29. The molecular formula is C11H11N3S. The molecule has 76 valence electrons. The average molecular weight is 217 g/mol. The topological polar surface area (TPSA) is 49.0 Å². The third-order valence-electron chi connectivity index (χ3n) is 1.71. The molecule has 0 bridgehead atoms. The third-order valence-corrected chi connectivity index (χ3v) is 2.60. The van der Waals surface area contributed by atoms with Gasteiger partial charge in [0.15, 0.2) is 0 Å². The Labute approximate surface area is 93.1 Å². The van der Waals surface area contributed by atoms with E-state index in [4.69, 9.17) is 5.26 Å². The van der Waals surface area contributed by atoms with E-state index in [9.17, 15) is 0 Å². The highest BCUT2D eigenvalue weighted by Crippen LogP contribution is 2.21. The maximum Gasteiger partial charge on any atom is 0.133 e. The van der Waals surface area contributed by atoms with Crippen LogP contribution in [-0.4, -0.2) is 11.2 Å². The van der Waals surface area contributed by atoms with Gasteiger partial charge in [-0.2, -0.15) is 5.26 Å². The van der Waals surface area contributed by atoms with Crippen LogP contribution in [0, 0.1) is 25.2 Å². The van der Waals surface area contributed by atoms with Gasteiger partial charge < -0.3 is 0 Å². The summed E-state index contributed by atoms with van der Waals surface area (Å²) in [7, 11) is 0. The summed E-state index contributed by atoms with van der Waals surface area (Å²) in [6.45, 7) is 11.2. The number of thiazole rings is 1. The van der Waals surface area contributed by atoms with Crippen LogP contribution in [0.5, 0.6) is 0 Å². The molecule has 1 rings (SSSR count). The molecule has 0 fully saturated rings. The van der Waals surface area contributed by atoms with Gasteiger partial charge in [-0.25, -0.2) is 9.98 Å². The molecule has 0 unspecified atom stereocenters. The van der Waals surface area contributed by atoms with Crippen molar-refractivity contribution >= 4 is 23.1 Å². The summed E-state index contributed by atoms with van der Waals surface area (Å²) >= 11 is 1.62. The van der Waals surface area contributed by atoms with E-state index in [0.29, 0.717) is 5.57 Å². The normalized spacial score (nSPS) is 10.2. The zero-order valence-electron chi connectivity index (χ0n) is 8.74. The maximum absolute atomic E-state index is 8.47. The van der Waals surface area contributed by atoms with Crippen molar-refractivity contribution in [3.63, 3.8) is 0 Å². The smallest absolute Gasteiger partial charge is 0.133 e. The van der Waals surface area contributed by atoms with Gasteiger partial charge in [-0.3, -0.25) is 0 Å².